The highest BCUT2D eigenvalue weighted by atomic mass is 16.7. The van der Waals surface area contributed by atoms with E-state index >= 15 is 0 Å². The number of carboxylic acids is 1. The standard InChI is InChI=1S/C52H101NO8/c1-6-8-10-12-14-16-18-20-22-24-25-26-27-29-31-33-35-37-39-41-43-50(55)61-48(47-60-52(51(56)57)58-45-44-53(3,4)5)46-59-49(54)42-40-38-36-34-32-30-28-23-21-19-17-15-13-11-9-7-2/h48,52H,6-47H2,1-5H3. The van der Waals surface area contributed by atoms with Gasteiger partial charge in [-0.2, -0.15) is 0 Å². The predicted molar refractivity (Wildman–Crippen MR) is 251 cm³/mol. The number of likely N-dealkylation sites (N-methyl/N-ethyl adjacent to an activating group) is 1. The van der Waals surface area contributed by atoms with Gasteiger partial charge in [0.25, 0.3) is 0 Å². The number of ether oxygens (including phenoxy) is 4. The molecule has 0 rings (SSSR count). The van der Waals surface area contributed by atoms with Crippen LogP contribution in [0.3, 0.4) is 0 Å². The largest absolute Gasteiger partial charge is 0.545 e. The fourth-order valence-corrected chi connectivity index (χ4v) is 7.77. The van der Waals surface area contributed by atoms with Crippen molar-refractivity contribution < 1.29 is 42.9 Å². The van der Waals surface area contributed by atoms with Crippen molar-refractivity contribution in [3.63, 3.8) is 0 Å². The third-order valence-corrected chi connectivity index (χ3v) is 11.9. The summed E-state index contributed by atoms with van der Waals surface area (Å²) in [4.78, 5) is 37.1. The van der Waals surface area contributed by atoms with Gasteiger partial charge < -0.3 is 33.3 Å². The number of hydrogen-bond acceptors (Lipinski definition) is 8. The summed E-state index contributed by atoms with van der Waals surface area (Å²) >= 11 is 0. The number of carbonyl (C=O) groups excluding carboxylic acids is 3. The molecule has 0 aliphatic heterocycles. The maximum atomic E-state index is 12.8. The number of nitrogens with zero attached hydrogens (tertiary/aromatic N) is 1. The van der Waals surface area contributed by atoms with Gasteiger partial charge in [-0.1, -0.05) is 232 Å². The highest BCUT2D eigenvalue weighted by molar-refractivity contribution is 5.70. The summed E-state index contributed by atoms with van der Waals surface area (Å²) in [6.45, 7) is 4.80. The van der Waals surface area contributed by atoms with Crippen LogP contribution in [0.15, 0.2) is 0 Å². The van der Waals surface area contributed by atoms with E-state index in [1.165, 1.54) is 193 Å². The van der Waals surface area contributed by atoms with Crippen molar-refractivity contribution in [2.24, 2.45) is 0 Å². The summed E-state index contributed by atoms with van der Waals surface area (Å²) in [6, 6.07) is 0. The lowest BCUT2D eigenvalue weighted by Gasteiger charge is -2.26. The van der Waals surface area contributed by atoms with Gasteiger partial charge in [-0.15, -0.1) is 0 Å². The van der Waals surface area contributed by atoms with Crippen LogP contribution >= 0.6 is 0 Å². The van der Waals surface area contributed by atoms with E-state index in [-0.39, 0.29) is 32.2 Å². The fraction of sp³-hybridized carbons (Fsp3) is 0.942. The molecule has 0 saturated carbocycles. The Morgan fingerprint density at radius 3 is 1.05 bits per heavy atom. The van der Waals surface area contributed by atoms with Crippen LogP contribution < -0.4 is 5.11 Å². The molecule has 0 saturated heterocycles. The van der Waals surface area contributed by atoms with Gasteiger partial charge in [0, 0.05) is 12.8 Å². The molecule has 0 amide bonds. The fourth-order valence-electron chi connectivity index (χ4n) is 7.77. The Balaban J connectivity index is 4.27. The van der Waals surface area contributed by atoms with E-state index in [4.69, 9.17) is 18.9 Å². The van der Waals surface area contributed by atoms with Crippen LogP contribution in [-0.2, 0) is 33.3 Å². The molecule has 0 heterocycles. The second-order valence-electron chi connectivity index (χ2n) is 19.2. The first-order chi connectivity index (χ1) is 29.6. The maximum absolute atomic E-state index is 12.8. The summed E-state index contributed by atoms with van der Waals surface area (Å²) in [5.41, 5.74) is 0. The van der Waals surface area contributed by atoms with Crippen LogP contribution in [0.1, 0.15) is 258 Å². The van der Waals surface area contributed by atoms with Crippen LogP contribution in [0.2, 0.25) is 0 Å². The second kappa shape index (κ2) is 44.9. The minimum absolute atomic E-state index is 0.153. The highest BCUT2D eigenvalue weighted by Gasteiger charge is 2.22. The van der Waals surface area contributed by atoms with E-state index < -0.39 is 24.3 Å². The van der Waals surface area contributed by atoms with Crippen molar-refractivity contribution in [1.82, 2.24) is 0 Å². The Bertz CT molecular complexity index is 970. The SMILES string of the molecule is CCCCCCCCCCCCCCCCCCCCCCC(=O)OC(COC(=O)CCCCCCCCCCCCCCCCCC)COC(OCC[N+](C)(C)C)C(=O)[O-]. The van der Waals surface area contributed by atoms with Crippen molar-refractivity contribution in [1.29, 1.82) is 0 Å². The molecule has 0 aromatic heterocycles. The Morgan fingerprint density at radius 2 is 0.738 bits per heavy atom. The molecule has 0 radical (unpaired) electrons. The number of esters is 2. The van der Waals surface area contributed by atoms with E-state index in [2.05, 4.69) is 13.8 Å². The third-order valence-electron chi connectivity index (χ3n) is 11.9. The summed E-state index contributed by atoms with van der Waals surface area (Å²) in [7, 11) is 5.93. The zero-order chi connectivity index (χ0) is 44.9. The minimum atomic E-state index is -1.61. The molecular formula is C52H101NO8. The first kappa shape index (κ1) is 59.3. The van der Waals surface area contributed by atoms with Gasteiger partial charge in [-0.3, -0.25) is 9.59 Å². The smallest absolute Gasteiger partial charge is 0.306 e. The van der Waals surface area contributed by atoms with Crippen molar-refractivity contribution in [2.75, 3.05) is 47.5 Å². The van der Waals surface area contributed by atoms with E-state index in [9.17, 15) is 19.5 Å². The van der Waals surface area contributed by atoms with Crippen LogP contribution in [-0.4, -0.2) is 82.3 Å². The molecule has 0 aromatic carbocycles. The molecule has 0 bridgehead atoms. The molecule has 2 unspecified atom stereocenters. The molecular weight excluding hydrogens is 767 g/mol. The average molecular weight is 868 g/mol. The molecule has 0 aliphatic rings. The van der Waals surface area contributed by atoms with Gasteiger partial charge in [0.05, 0.1) is 40.3 Å². The topological polar surface area (TPSA) is 111 Å². The lowest BCUT2D eigenvalue weighted by Crippen LogP contribution is -2.44. The van der Waals surface area contributed by atoms with Gasteiger partial charge in [0.2, 0.25) is 0 Å². The van der Waals surface area contributed by atoms with E-state index in [0.29, 0.717) is 17.4 Å². The van der Waals surface area contributed by atoms with Crippen molar-refractivity contribution >= 4 is 17.9 Å². The number of aliphatic carboxylic acids is 1. The van der Waals surface area contributed by atoms with E-state index in [0.717, 1.165) is 38.5 Å². The summed E-state index contributed by atoms with van der Waals surface area (Å²) in [5, 5.41) is 11.7. The van der Waals surface area contributed by atoms with Crippen molar-refractivity contribution in [2.45, 2.75) is 270 Å². The van der Waals surface area contributed by atoms with Gasteiger partial charge in [-0.05, 0) is 12.8 Å². The monoisotopic (exact) mass is 868 g/mol. The van der Waals surface area contributed by atoms with Crippen LogP contribution in [0.25, 0.3) is 0 Å². The molecule has 61 heavy (non-hydrogen) atoms. The van der Waals surface area contributed by atoms with Gasteiger partial charge in [0.1, 0.15) is 13.2 Å². The maximum Gasteiger partial charge on any atom is 0.306 e. The average Bonchev–Trinajstić information content (AvgIpc) is 3.22. The molecule has 9 heteroatoms. The van der Waals surface area contributed by atoms with Crippen molar-refractivity contribution in [3.05, 3.63) is 0 Å². The molecule has 362 valence electrons. The Morgan fingerprint density at radius 1 is 0.426 bits per heavy atom. The van der Waals surface area contributed by atoms with Gasteiger partial charge >= 0.3 is 11.9 Å². The third kappa shape index (κ3) is 46.1. The summed E-state index contributed by atoms with van der Waals surface area (Å²) in [6.07, 6.45) is 44.2. The van der Waals surface area contributed by atoms with Crippen LogP contribution in [0.4, 0.5) is 0 Å². The molecule has 9 nitrogen and oxygen atoms in total. The summed E-state index contributed by atoms with van der Waals surface area (Å²) < 4.78 is 22.7. The summed E-state index contributed by atoms with van der Waals surface area (Å²) in [5.74, 6) is -2.26. The molecule has 0 aromatic rings. The van der Waals surface area contributed by atoms with Crippen molar-refractivity contribution in [3.8, 4) is 0 Å². The number of rotatable bonds is 49. The van der Waals surface area contributed by atoms with E-state index in [1.807, 2.05) is 21.1 Å². The Kier molecular flexibility index (Phi) is 43.6. The Labute approximate surface area is 377 Å². The van der Waals surface area contributed by atoms with Gasteiger partial charge in [0.15, 0.2) is 12.4 Å². The number of quaternary nitrogens is 1. The first-order valence-electron chi connectivity index (χ1n) is 26.2. The zero-order valence-electron chi connectivity index (χ0n) is 41.1. The number of carboxylic acid groups (broad SMARTS) is 1. The molecule has 0 fully saturated rings. The lowest BCUT2D eigenvalue weighted by molar-refractivity contribution is -0.870. The molecule has 0 aliphatic carbocycles. The molecule has 2 atom stereocenters. The van der Waals surface area contributed by atoms with Crippen LogP contribution in [0, 0.1) is 0 Å². The lowest BCUT2D eigenvalue weighted by atomic mass is 10.0. The molecule has 0 N–H and O–H groups in total. The first-order valence-corrected chi connectivity index (χ1v) is 26.2. The normalized spacial score (nSPS) is 12.7. The highest BCUT2D eigenvalue weighted by Crippen LogP contribution is 2.17. The van der Waals surface area contributed by atoms with Crippen LogP contribution in [0.5, 0.6) is 0 Å². The quantitative estimate of drug-likeness (QED) is 0.0257. The zero-order valence-corrected chi connectivity index (χ0v) is 41.1. The Hall–Kier alpha value is -1.71. The number of unbranched alkanes of at least 4 members (excludes halogenated alkanes) is 34. The number of hydrogen-bond donors (Lipinski definition) is 0. The van der Waals surface area contributed by atoms with Gasteiger partial charge in [-0.25, -0.2) is 0 Å². The molecule has 0 spiro atoms. The van der Waals surface area contributed by atoms with E-state index in [1.54, 1.807) is 0 Å². The number of carbonyl (C=O) groups is 3. The second-order valence-corrected chi connectivity index (χ2v) is 19.2. The predicted octanol–water partition coefficient (Wildman–Crippen LogP) is 13.1. The minimum Gasteiger partial charge on any atom is -0.545 e.